The summed E-state index contributed by atoms with van der Waals surface area (Å²) in [7, 11) is 0. The first kappa shape index (κ1) is 11.7. The standard InChI is InChI=1S/C18H15N/c1-2-7-15(8-3-1)13-19-14-17-11-6-10-16-9-4-5-12-18(16)17/h1-13H,14H2. The van der Waals surface area contributed by atoms with Crippen molar-refractivity contribution in [1.82, 2.24) is 0 Å². The van der Waals surface area contributed by atoms with Gasteiger partial charge in [0.05, 0.1) is 6.54 Å². The zero-order valence-corrected chi connectivity index (χ0v) is 10.7. The van der Waals surface area contributed by atoms with E-state index in [0.29, 0.717) is 0 Å². The molecule has 0 aromatic heterocycles. The van der Waals surface area contributed by atoms with Crippen molar-refractivity contribution < 1.29 is 0 Å². The number of hydrogen-bond acceptors (Lipinski definition) is 1. The molecule has 0 amide bonds. The van der Waals surface area contributed by atoms with Crippen molar-refractivity contribution in [2.75, 3.05) is 0 Å². The summed E-state index contributed by atoms with van der Waals surface area (Å²) in [6.07, 6.45) is 1.93. The average Bonchev–Trinajstić information content (AvgIpc) is 2.49. The molecule has 0 saturated carbocycles. The highest BCUT2D eigenvalue weighted by Gasteiger charge is 1.98. The normalized spacial score (nSPS) is 11.2. The zero-order valence-electron chi connectivity index (χ0n) is 10.7. The summed E-state index contributed by atoms with van der Waals surface area (Å²) in [5.74, 6) is 0. The molecule has 0 heterocycles. The monoisotopic (exact) mass is 245 g/mol. The molecule has 0 N–H and O–H groups in total. The number of aliphatic imine (C=N–C) groups is 1. The Bertz CT molecular complexity index is 694. The first-order valence-electron chi connectivity index (χ1n) is 6.45. The van der Waals surface area contributed by atoms with Crippen LogP contribution in [0.4, 0.5) is 0 Å². The molecule has 1 heteroatoms. The summed E-state index contributed by atoms with van der Waals surface area (Å²) in [4.78, 5) is 4.54. The van der Waals surface area contributed by atoms with E-state index in [1.165, 1.54) is 16.3 Å². The zero-order chi connectivity index (χ0) is 12.9. The second-order valence-electron chi connectivity index (χ2n) is 4.52. The van der Waals surface area contributed by atoms with Crippen LogP contribution in [-0.4, -0.2) is 6.21 Å². The van der Waals surface area contributed by atoms with Crippen molar-refractivity contribution in [3.63, 3.8) is 0 Å². The molecule has 92 valence electrons. The van der Waals surface area contributed by atoms with E-state index >= 15 is 0 Å². The molecule has 0 spiro atoms. The highest BCUT2D eigenvalue weighted by Crippen LogP contribution is 2.19. The third kappa shape index (κ3) is 2.71. The Morgan fingerprint density at radius 2 is 1.47 bits per heavy atom. The van der Waals surface area contributed by atoms with E-state index < -0.39 is 0 Å². The van der Waals surface area contributed by atoms with Gasteiger partial charge in [0.2, 0.25) is 0 Å². The highest BCUT2D eigenvalue weighted by molar-refractivity contribution is 5.86. The van der Waals surface area contributed by atoms with Gasteiger partial charge in [-0.3, -0.25) is 4.99 Å². The Morgan fingerprint density at radius 3 is 2.37 bits per heavy atom. The molecule has 0 aliphatic rings. The average molecular weight is 245 g/mol. The Balaban J connectivity index is 1.84. The Hall–Kier alpha value is -2.41. The highest BCUT2D eigenvalue weighted by atomic mass is 14.7. The first-order chi connectivity index (χ1) is 9.43. The van der Waals surface area contributed by atoms with Crippen LogP contribution in [0.15, 0.2) is 77.8 Å². The topological polar surface area (TPSA) is 12.4 Å². The lowest BCUT2D eigenvalue weighted by molar-refractivity contribution is 1.09. The maximum absolute atomic E-state index is 4.54. The molecule has 1 nitrogen and oxygen atoms in total. The molecule has 0 fully saturated rings. The molecule has 0 aliphatic carbocycles. The van der Waals surface area contributed by atoms with Gasteiger partial charge in [0.1, 0.15) is 0 Å². The van der Waals surface area contributed by atoms with Gasteiger partial charge in [-0.1, -0.05) is 72.8 Å². The van der Waals surface area contributed by atoms with Crippen LogP contribution in [0.3, 0.4) is 0 Å². The molecular formula is C18H15N. The summed E-state index contributed by atoms with van der Waals surface area (Å²) in [5, 5.41) is 2.56. The van der Waals surface area contributed by atoms with Gasteiger partial charge in [-0.2, -0.15) is 0 Å². The molecule has 0 atom stereocenters. The van der Waals surface area contributed by atoms with Gasteiger partial charge in [0, 0.05) is 6.21 Å². The maximum atomic E-state index is 4.54. The largest absolute Gasteiger partial charge is 0.288 e. The molecule has 0 aliphatic heterocycles. The second kappa shape index (κ2) is 5.49. The van der Waals surface area contributed by atoms with E-state index in [0.717, 1.165) is 12.1 Å². The molecule has 0 bridgehead atoms. The summed E-state index contributed by atoms with van der Waals surface area (Å²) < 4.78 is 0. The predicted octanol–water partition coefficient (Wildman–Crippen LogP) is 4.46. The van der Waals surface area contributed by atoms with E-state index in [1.54, 1.807) is 0 Å². The fraction of sp³-hybridized carbons (Fsp3) is 0.0556. The van der Waals surface area contributed by atoms with Crippen LogP contribution in [0.1, 0.15) is 11.1 Å². The quantitative estimate of drug-likeness (QED) is 0.604. The van der Waals surface area contributed by atoms with Gasteiger partial charge in [0.15, 0.2) is 0 Å². The lowest BCUT2D eigenvalue weighted by Crippen LogP contribution is -1.86. The SMILES string of the molecule is C(=NCc1cccc2ccccc12)c1ccccc1. The number of fused-ring (bicyclic) bond motifs is 1. The summed E-state index contributed by atoms with van der Waals surface area (Å²) in [6, 6.07) is 25.0. The van der Waals surface area contributed by atoms with Crippen molar-refractivity contribution in [2.24, 2.45) is 4.99 Å². The molecule has 0 radical (unpaired) electrons. The Kier molecular flexibility index (Phi) is 3.37. The fourth-order valence-corrected chi connectivity index (χ4v) is 2.22. The number of rotatable bonds is 3. The second-order valence-corrected chi connectivity index (χ2v) is 4.52. The molecule has 3 rings (SSSR count). The third-order valence-electron chi connectivity index (χ3n) is 3.18. The van der Waals surface area contributed by atoms with Crippen molar-refractivity contribution in [2.45, 2.75) is 6.54 Å². The fourth-order valence-electron chi connectivity index (χ4n) is 2.22. The molecule has 3 aromatic rings. The van der Waals surface area contributed by atoms with Gasteiger partial charge in [-0.05, 0) is 21.9 Å². The minimum Gasteiger partial charge on any atom is -0.288 e. The van der Waals surface area contributed by atoms with Crippen LogP contribution < -0.4 is 0 Å². The van der Waals surface area contributed by atoms with Crippen molar-refractivity contribution in [3.05, 3.63) is 83.9 Å². The molecule has 0 unspecified atom stereocenters. The Morgan fingerprint density at radius 1 is 0.737 bits per heavy atom. The van der Waals surface area contributed by atoms with Crippen LogP contribution in [0.2, 0.25) is 0 Å². The van der Waals surface area contributed by atoms with Crippen LogP contribution >= 0.6 is 0 Å². The van der Waals surface area contributed by atoms with Crippen LogP contribution in [0, 0.1) is 0 Å². The van der Waals surface area contributed by atoms with Crippen molar-refractivity contribution >= 4 is 17.0 Å². The van der Waals surface area contributed by atoms with Crippen molar-refractivity contribution in [1.29, 1.82) is 0 Å². The van der Waals surface area contributed by atoms with Gasteiger partial charge in [-0.25, -0.2) is 0 Å². The number of nitrogens with zero attached hydrogens (tertiary/aromatic N) is 1. The summed E-state index contributed by atoms with van der Waals surface area (Å²) in [6.45, 7) is 0.718. The van der Waals surface area contributed by atoms with Crippen molar-refractivity contribution in [3.8, 4) is 0 Å². The van der Waals surface area contributed by atoms with Gasteiger partial charge >= 0.3 is 0 Å². The van der Waals surface area contributed by atoms with Gasteiger partial charge in [0.25, 0.3) is 0 Å². The lowest BCUT2D eigenvalue weighted by Gasteiger charge is -2.03. The van der Waals surface area contributed by atoms with E-state index in [2.05, 4.69) is 59.6 Å². The Labute approximate surface area is 113 Å². The van der Waals surface area contributed by atoms with Gasteiger partial charge < -0.3 is 0 Å². The van der Waals surface area contributed by atoms with E-state index in [9.17, 15) is 0 Å². The predicted molar refractivity (Wildman–Crippen MR) is 81.7 cm³/mol. The molecular weight excluding hydrogens is 230 g/mol. The molecule has 0 saturated heterocycles. The first-order valence-corrected chi connectivity index (χ1v) is 6.45. The minimum atomic E-state index is 0.718. The van der Waals surface area contributed by atoms with E-state index in [-0.39, 0.29) is 0 Å². The van der Waals surface area contributed by atoms with Gasteiger partial charge in [-0.15, -0.1) is 0 Å². The summed E-state index contributed by atoms with van der Waals surface area (Å²) in [5.41, 5.74) is 2.41. The number of hydrogen-bond donors (Lipinski definition) is 0. The lowest BCUT2D eigenvalue weighted by atomic mass is 10.0. The number of benzene rings is 3. The van der Waals surface area contributed by atoms with E-state index in [1.807, 2.05) is 24.4 Å². The molecule has 3 aromatic carbocycles. The maximum Gasteiger partial charge on any atom is 0.0645 e. The smallest absolute Gasteiger partial charge is 0.0645 e. The van der Waals surface area contributed by atoms with E-state index in [4.69, 9.17) is 0 Å². The van der Waals surface area contributed by atoms with Crippen LogP contribution in [-0.2, 0) is 6.54 Å². The van der Waals surface area contributed by atoms with Crippen LogP contribution in [0.5, 0.6) is 0 Å². The third-order valence-corrected chi connectivity index (χ3v) is 3.18. The summed E-state index contributed by atoms with van der Waals surface area (Å²) >= 11 is 0. The van der Waals surface area contributed by atoms with Crippen LogP contribution in [0.25, 0.3) is 10.8 Å². The minimum absolute atomic E-state index is 0.718. The molecule has 19 heavy (non-hydrogen) atoms.